The number of rotatable bonds is 47. The third kappa shape index (κ3) is 46.2. The Morgan fingerprint density at radius 3 is 1.37 bits per heavy atom. The van der Waals surface area contributed by atoms with E-state index < -0.39 is 0 Å². The number of carbonyl (C=O) groups excluding carboxylic acids is 2. The topological polar surface area (TPSA) is 77.5 Å². The Kier molecular flexibility index (Phi) is 47.7. The molecule has 352 valence electrons. The van der Waals surface area contributed by atoms with Crippen molar-refractivity contribution in [1.82, 2.24) is 9.80 Å². The number of unbranched alkanes of at least 4 members (excludes halogenated alkanes) is 15. The molecule has 0 aromatic heterocycles. The Balaban J connectivity index is 3.79. The number of ether oxygens (including phenoxy) is 4. The molecule has 0 aromatic carbocycles. The molecule has 0 fully saturated rings. The second-order valence-corrected chi connectivity index (χ2v) is 18.9. The Morgan fingerprint density at radius 1 is 0.467 bits per heavy atom. The molecule has 0 N–H and O–H groups in total. The lowest BCUT2D eigenvalue weighted by Gasteiger charge is -2.19. The molecule has 0 aliphatic heterocycles. The molecule has 0 saturated heterocycles. The molecule has 0 bridgehead atoms. The van der Waals surface area contributed by atoms with Crippen molar-refractivity contribution in [3.8, 4) is 0 Å². The molecule has 10 heteroatoms. The summed E-state index contributed by atoms with van der Waals surface area (Å²) in [5.41, 5.74) is 0. The van der Waals surface area contributed by atoms with E-state index in [1.54, 1.807) is 0 Å². The van der Waals surface area contributed by atoms with Gasteiger partial charge in [-0.05, 0) is 110 Å². The van der Waals surface area contributed by atoms with Gasteiger partial charge < -0.3 is 28.7 Å². The number of carbonyl (C=O) groups is 2. The number of allylic oxidation sites excluding steroid dienone is 6. The minimum absolute atomic E-state index is 0.0432. The maximum absolute atomic E-state index is 12.5. The van der Waals surface area contributed by atoms with E-state index in [-0.39, 0.29) is 18.2 Å². The van der Waals surface area contributed by atoms with Gasteiger partial charge in [-0.2, -0.15) is 0 Å². The predicted octanol–water partition coefficient (Wildman–Crippen LogP) is 13.5. The van der Waals surface area contributed by atoms with Gasteiger partial charge in [-0.15, -0.1) is 0 Å². The van der Waals surface area contributed by atoms with Crippen LogP contribution in [0.15, 0.2) is 36.5 Å². The third-order valence-corrected chi connectivity index (χ3v) is 12.6. The van der Waals surface area contributed by atoms with Gasteiger partial charge >= 0.3 is 11.9 Å². The molecular weight excluding hydrogens is 789 g/mol. The first-order chi connectivity index (χ1) is 29.4. The first-order valence-electron chi connectivity index (χ1n) is 24.5. The first kappa shape index (κ1) is 58.7. The van der Waals surface area contributed by atoms with Crippen LogP contribution in [-0.2, 0) is 28.5 Å². The summed E-state index contributed by atoms with van der Waals surface area (Å²) >= 11 is 0. The summed E-state index contributed by atoms with van der Waals surface area (Å²) in [5.74, 6) is 1.91. The van der Waals surface area contributed by atoms with Crippen LogP contribution < -0.4 is 0 Å². The normalized spacial score (nSPS) is 12.1. The molecule has 0 heterocycles. The maximum atomic E-state index is 12.5. The molecule has 60 heavy (non-hydrogen) atoms. The van der Waals surface area contributed by atoms with Gasteiger partial charge in [0.05, 0.1) is 19.6 Å². The van der Waals surface area contributed by atoms with Crippen LogP contribution in [0.2, 0.25) is 0 Å². The summed E-state index contributed by atoms with van der Waals surface area (Å²) in [5, 5.41) is 0. The Labute approximate surface area is 378 Å². The van der Waals surface area contributed by atoms with Crippen molar-refractivity contribution < 1.29 is 28.5 Å². The van der Waals surface area contributed by atoms with E-state index >= 15 is 0 Å². The summed E-state index contributed by atoms with van der Waals surface area (Å²) in [6.45, 7) is 12.7. The number of esters is 2. The first-order valence-corrected chi connectivity index (χ1v) is 27.0. The molecule has 0 unspecified atom stereocenters. The highest BCUT2D eigenvalue weighted by Crippen LogP contribution is 2.21. The Bertz CT molecular complexity index is 989. The quantitative estimate of drug-likeness (QED) is 0.0194. The fourth-order valence-electron chi connectivity index (χ4n) is 6.43. The lowest BCUT2D eigenvalue weighted by Crippen LogP contribution is -2.24. The highest BCUT2D eigenvalue weighted by molar-refractivity contribution is 8.76. The lowest BCUT2D eigenvalue weighted by atomic mass is 10.1. The number of hydrogen-bond donors (Lipinski definition) is 0. The van der Waals surface area contributed by atoms with Crippen molar-refractivity contribution in [1.29, 1.82) is 0 Å². The molecule has 0 aliphatic carbocycles. The summed E-state index contributed by atoms with van der Waals surface area (Å²) in [6.07, 6.45) is 41.3. The van der Waals surface area contributed by atoms with Gasteiger partial charge in [0.1, 0.15) is 0 Å². The largest absolute Gasteiger partial charge is 0.466 e. The van der Waals surface area contributed by atoms with Crippen molar-refractivity contribution in [3.63, 3.8) is 0 Å². The highest BCUT2D eigenvalue weighted by Gasteiger charge is 2.14. The minimum atomic E-state index is -0.356. The molecule has 0 spiro atoms. The third-order valence-electron chi connectivity index (χ3n) is 10.3. The summed E-state index contributed by atoms with van der Waals surface area (Å²) < 4.78 is 23.1. The van der Waals surface area contributed by atoms with Gasteiger partial charge in [-0.3, -0.25) is 9.59 Å². The van der Waals surface area contributed by atoms with Crippen LogP contribution in [0, 0.1) is 0 Å². The van der Waals surface area contributed by atoms with E-state index in [0.717, 1.165) is 115 Å². The summed E-state index contributed by atoms with van der Waals surface area (Å²) in [7, 11) is 8.10. The monoisotopic (exact) mass is 883 g/mol. The smallest absolute Gasteiger partial charge is 0.305 e. The second kappa shape index (κ2) is 48.7. The highest BCUT2D eigenvalue weighted by atomic mass is 33.1. The van der Waals surface area contributed by atoms with E-state index in [0.29, 0.717) is 45.7 Å². The van der Waals surface area contributed by atoms with Gasteiger partial charge in [0.25, 0.3) is 0 Å². The van der Waals surface area contributed by atoms with Crippen LogP contribution in [0.1, 0.15) is 188 Å². The zero-order valence-electron chi connectivity index (χ0n) is 39.7. The van der Waals surface area contributed by atoms with Crippen LogP contribution in [0.3, 0.4) is 0 Å². The molecule has 0 aromatic rings. The molecule has 0 amide bonds. The summed E-state index contributed by atoms with van der Waals surface area (Å²) in [6, 6.07) is 0. The SMILES string of the molecule is CC/C=C\CCCCOC(CCC(=O)OCCCN(C)CCSSCCN(C)CCCOC(=O)CCCCCCC/C=C\CCCCCCCC)OCCCC/C=C\CC. The standard InChI is InChI=1S/C50H94N2O6S2/c1-6-9-12-15-18-19-20-21-22-23-24-25-26-27-30-35-48(53)55-44-33-38-51(4)40-46-59-60-47-41-52(5)39-34-45-56-49(54)36-37-50(57-42-31-28-16-13-10-7-2)58-43-32-29-17-14-11-8-3/h10-11,13-14,21-22,50H,6-9,12,15-20,23-47H2,1-5H3/b13-10-,14-11-,22-21-. The fourth-order valence-corrected chi connectivity index (χ4v) is 8.59. The fraction of sp³-hybridized carbons (Fsp3) is 0.840. The van der Waals surface area contributed by atoms with Gasteiger partial charge in [0.2, 0.25) is 0 Å². The summed E-state index contributed by atoms with van der Waals surface area (Å²) in [4.78, 5) is 29.2. The van der Waals surface area contributed by atoms with Gasteiger partial charge in [0, 0.05) is 63.7 Å². The van der Waals surface area contributed by atoms with E-state index in [9.17, 15) is 9.59 Å². The van der Waals surface area contributed by atoms with Crippen molar-refractivity contribution in [2.75, 3.05) is 78.2 Å². The van der Waals surface area contributed by atoms with Gasteiger partial charge in [-0.25, -0.2) is 0 Å². The number of hydrogen-bond acceptors (Lipinski definition) is 10. The zero-order valence-corrected chi connectivity index (χ0v) is 41.3. The van der Waals surface area contributed by atoms with Crippen LogP contribution >= 0.6 is 21.6 Å². The lowest BCUT2D eigenvalue weighted by molar-refractivity contribution is -0.159. The van der Waals surface area contributed by atoms with Crippen LogP contribution in [0.25, 0.3) is 0 Å². The minimum Gasteiger partial charge on any atom is -0.466 e. The van der Waals surface area contributed by atoms with Crippen LogP contribution in [-0.4, -0.2) is 106 Å². The van der Waals surface area contributed by atoms with E-state index in [4.69, 9.17) is 18.9 Å². The van der Waals surface area contributed by atoms with E-state index in [2.05, 4.69) is 81.1 Å². The Morgan fingerprint density at radius 2 is 0.883 bits per heavy atom. The van der Waals surface area contributed by atoms with Crippen LogP contribution in [0.4, 0.5) is 0 Å². The van der Waals surface area contributed by atoms with Crippen molar-refractivity contribution in [2.45, 2.75) is 194 Å². The molecule has 0 rings (SSSR count). The molecular formula is C50H94N2O6S2. The van der Waals surface area contributed by atoms with Crippen molar-refractivity contribution in [2.24, 2.45) is 0 Å². The van der Waals surface area contributed by atoms with Gasteiger partial charge in [0.15, 0.2) is 6.29 Å². The van der Waals surface area contributed by atoms with E-state index in [1.807, 2.05) is 21.6 Å². The average Bonchev–Trinajstić information content (AvgIpc) is 3.24. The Hall–Kier alpha value is -1.30. The zero-order chi connectivity index (χ0) is 43.8. The molecule has 0 radical (unpaired) electrons. The maximum Gasteiger partial charge on any atom is 0.305 e. The number of nitrogens with zero attached hydrogens (tertiary/aromatic N) is 2. The second-order valence-electron chi connectivity index (χ2n) is 16.2. The molecule has 0 atom stereocenters. The van der Waals surface area contributed by atoms with Crippen LogP contribution in [0.5, 0.6) is 0 Å². The molecule has 8 nitrogen and oxygen atoms in total. The molecule has 0 aliphatic rings. The molecule has 0 saturated carbocycles. The predicted molar refractivity (Wildman–Crippen MR) is 262 cm³/mol. The van der Waals surface area contributed by atoms with Crippen molar-refractivity contribution >= 4 is 33.5 Å². The average molecular weight is 883 g/mol. The van der Waals surface area contributed by atoms with E-state index in [1.165, 1.54) is 70.6 Å². The van der Waals surface area contributed by atoms with Gasteiger partial charge in [-0.1, -0.05) is 130 Å². The van der Waals surface area contributed by atoms with Crippen molar-refractivity contribution in [3.05, 3.63) is 36.5 Å².